The fourth-order valence-electron chi connectivity index (χ4n) is 2.72. The molecule has 2 fully saturated rings. The minimum Gasteiger partial charge on any atom is -0.336 e. The summed E-state index contributed by atoms with van der Waals surface area (Å²) in [5.41, 5.74) is 0.443. The summed E-state index contributed by atoms with van der Waals surface area (Å²) in [6, 6.07) is 7.13. The van der Waals surface area contributed by atoms with Gasteiger partial charge in [-0.05, 0) is 12.8 Å². The molecule has 1 aromatic rings. The Kier molecular flexibility index (Phi) is 2.81. The van der Waals surface area contributed by atoms with Crippen molar-refractivity contribution in [3.8, 4) is 0 Å². The molecule has 2 atom stereocenters. The predicted octanol–water partition coefficient (Wildman–Crippen LogP) is 0.359. The number of fused-ring (bicyclic) bond motifs is 1. The van der Waals surface area contributed by atoms with Crippen LogP contribution in [0.3, 0.4) is 0 Å². The van der Waals surface area contributed by atoms with Gasteiger partial charge < -0.3 is 10.2 Å². The van der Waals surface area contributed by atoms with Crippen molar-refractivity contribution in [2.24, 2.45) is 0 Å². The van der Waals surface area contributed by atoms with Crippen molar-refractivity contribution in [2.45, 2.75) is 24.9 Å². The third-order valence-electron chi connectivity index (χ3n) is 3.69. The van der Waals surface area contributed by atoms with E-state index in [0.717, 1.165) is 6.42 Å². The average molecular weight is 258 g/mol. The number of carbonyl (C=O) groups is 3. The Labute approximate surface area is 110 Å². The Balaban J connectivity index is 1.87. The molecule has 1 unspecified atom stereocenters. The van der Waals surface area contributed by atoms with Crippen LogP contribution in [0.5, 0.6) is 0 Å². The lowest BCUT2D eigenvalue weighted by Crippen LogP contribution is -2.63. The SMILES string of the molecule is O=C(c1ccccc1)C1NC(=O)[C@@H]2CCCN2C1=O. The zero-order valence-electron chi connectivity index (χ0n) is 10.3. The molecule has 0 radical (unpaired) electrons. The number of hydrogen-bond acceptors (Lipinski definition) is 3. The van der Waals surface area contributed by atoms with E-state index in [1.165, 1.54) is 4.90 Å². The third kappa shape index (κ3) is 1.91. The molecule has 0 aliphatic carbocycles. The van der Waals surface area contributed by atoms with Crippen LogP contribution < -0.4 is 5.32 Å². The van der Waals surface area contributed by atoms with Crippen molar-refractivity contribution >= 4 is 17.6 Å². The molecule has 19 heavy (non-hydrogen) atoms. The number of Topliss-reactive ketones (excluding diaryl/α,β-unsaturated/α-hetero) is 1. The van der Waals surface area contributed by atoms with Gasteiger partial charge >= 0.3 is 0 Å². The first-order chi connectivity index (χ1) is 9.18. The maximum atomic E-state index is 12.3. The van der Waals surface area contributed by atoms with E-state index in [9.17, 15) is 14.4 Å². The lowest BCUT2D eigenvalue weighted by Gasteiger charge is -2.33. The molecule has 1 N–H and O–H groups in total. The highest BCUT2D eigenvalue weighted by atomic mass is 16.2. The summed E-state index contributed by atoms with van der Waals surface area (Å²) in [6.45, 7) is 0.565. The molecular formula is C14H14N2O3. The van der Waals surface area contributed by atoms with Crippen molar-refractivity contribution in [3.05, 3.63) is 35.9 Å². The molecule has 0 spiro atoms. The van der Waals surface area contributed by atoms with Gasteiger partial charge in [0, 0.05) is 12.1 Å². The van der Waals surface area contributed by atoms with E-state index in [1.807, 2.05) is 0 Å². The molecule has 1 aromatic carbocycles. The zero-order chi connectivity index (χ0) is 13.4. The minimum absolute atomic E-state index is 0.216. The van der Waals surface area contributed by atoms with E-state index < -0.39 is 6.04 Å². The fourth-order valence-corrected chi connectivity index (χ4v) is 2.72. The lowest BCUT2D eigenvalue weighted by atomic mass is 9.99. The van der Waals surface area contributed by atoms with Crippen LogP contribution in [0.4, 0.5) is 0 Å². The number of nitrogens with one attached hydrogen (secondary N) is 1. The number of piperazine rings is 1. The van der Waals surface area contributed by atoms with E-state index in [4.69, 9.17) is 0 Å². The Morgan fingerprint density at radius 3 is 2.68 bits per heavy atom. The average Bonchev–Trinajstić information content (AvgIpc) is 2.93. The lowest BCUT2D eigenvalue weighted by molar-refractivity contribution is -0.145. The molecule has 0 aromatic heterocycles. The molecule has 2 amide bonds. The van der Waals surface area contributed by atoms with Crippen molar-refractivity contribution in [3.63, 3.8) is 0 Å². The largest absolute Gasteiger partial charge is 0.336 e. The first-order valence-corrected chi connectivity index (χ1v) is 6.38. The second kappa shape index (κ2) is 4.50. The van der Waals surface area contributed by atoms with Crippen LogP contribution in [0.2, 0.25) is 0 Å². The molecule has 5 heteroatoms. The highest BCUT2D eigenvalue weighted by Gasteiger charge is 2.45. The van der Waals surface area contributed by atoms with Gasteiger partial charge in [-0.2, -0.15) is 0 Å². The molecule has 0 saturated carbocycles. The van der Waals surface area contributed by atoms with E-state index in [1.54, 1.807) is 30.3 Å². The Hall–Kier alpha value is -2.17. The number of hydrogen-bond donors (Lipinski definition) is 1. The van der Waals surface area contributed by atoms with Crippen molar-refractivity contribution in [1.29, 1.82) is 0 Å². The van der Waals surface area contributed by atoms with Gasteiger partial charge in [0.1, 0.15) is 6.04 Å². The molecule has 3 rings (SSSR count). The van der Waals surface area contributed by atoms with Crippen molar-refractivity contribution in [2.75, 3.05) is 6.54 Å². The Morgan fingerprint density at radius 1 is 1.21 bits per heavy atom. The highest BCUT2D eigenvalue weighted by molar-refractivity contribution is 6.17. The number of ketones is 1. The molecule has 0 bridgehead atoms. The summed E-state index contributed by atoms with van der Waals surface area (Å²) < 4.78 is 0. The predicted molar refractivity (Wildman–Crippen MR) is 67.4 cm³/mol. The topological polar surface area (TPSA) is 66.5 Å². The van der Waals surface area contributed by atoms with Crippen LogP contribution >= 0.6 is 0 Å². The van der Waals surface area contributed by atoms with Crippen LogP contribution in [-0.2, 0) is 9.59 Å². The Morgan fingerprint density at radius 2 is 1.95 bits per heavy atom. The standard InChI is InChI=1S/C14H14N2O3/c17-12(9-5-2-1-3-6-9)11-14(19)16-8-4-7-10(16)13(18)15-11/h1-3,5-6,10-11H,4,7-8H2,(H,15,18)/t10-,11?/m0/s1. The van der Waals surface area contributed by atoms with Gasteiger partial charge in [0.2, 0.25) is 5.91 Å². The molecule has 2 aliphatic rings. The third-order valence-corrected chi connectivity index (χ3v) is 3.69. The maximum absolute atomic E-state index is 12.3. The summed E-state index contributed by atoms with van der Waals surface area (Å²) >= 11 is 0. The fraction of sp³-hybridized carbons (Fsp3) is 0.357. The second-order valence-electron chi connectivity index (χ2n) is 4.86. The maximum Gasteiger partial charge on any atom is 0.253 e. The quantitative estimate of drug-likeness (QED) is 0.615. The molecular weight excluding hydrogens is 244 g/mol. The first kappa shape index (κ1) is 11.9. The summed E-state index contributed by atoms with van der Waals surface area (Å²) in [4.78, 5) is 38.0. The van der Waals surface area contributed by atoms with Crippen LogP contribution in [-0.4, -0.2) is 41.1 Å². The number of carbonyl (C=O) groups excluding carboxylic acids is 3. The van der Waals surface area contributed by atoms with Gasteiger partial charge in [0.15, 0.2) is 11.8 Å². The van der Waals surface area contributed by atoms with Gasteiger partial charge in [0.25, 0.3) is 5.91 Å². The van der Waals surface area contributed by atoms with Crippen LogP contribution in [0.15, 0.2) is 30.3 Å². The smallest absolute Gasteiger partial charge is 0.253 e. The number of benzene rings is 1. The summed E-state index contributed by atoms with van der Waals surface area (Å²) in [5.74, 6) is -0.841. The molecule has 2 aliphatic heterocycles. The van der Waals surface area contributed by atoms with E-state index >= 15 is 0 Å². The summed E-state index contributed by atoms with van der Waals surface area (Å²) in [7, 11) is 0. The van der Waals surface area contributed by atoms with E-state index in [0.29, 0.717) is 18.5 Å². The van der Waals surface area contributed by atoms with Crippen LogP contribution in [0.1, 0.15) is 23.2 Å². The van der Waals surface area contributed by atoms with Crippen LogP contribution in [0.25, 0.3) is 0 Å². The van der Waals surface area contributed by atoms with Gasteiger partial charge in [-0.25, -0.2) is 0 Å². The van der Waals surface area contributed by atoms with Crippen LogP contribution in [0, 0.1) is 0 Å². The van der Waals surface area contributed by atoms with Gasteiger partial charge in [-0.3, -0.25) is 14.4 Å². The molecule has 2 heterocycles. The van der Waals surface area contributed by atoms with Gasteiger partial charge in [-0.15, -0.1) is 0 Å². The minimum atomic E-state index is -1.07. The number of nitrogens with zero attached hydrogens (tertiary/aromatic N) is 1. The summed E-state index contributed by atoms with van der Waals surface area (Å²) in [6.07, 6.45) is 1.50. The van der Waals surface area contributed by atoms with Gasteiger partial charge in [-0.1, -0.05) is 30.3 Å². The Bertz CT molecular complexity index is 541. The molecule has 98 valence electrons. The molecule has 5 nitrogen and oxygen atoms in total. The van der Waals surface area contributed by atoms with Crippen molar-refractivity contribution in [1.82, 2.24) is 10.2 Å². The highest BCUT2D eigenvalue weighted by Crippen LogP contribution is 2.23. The monoisotopic (exact) mass is 258 g/mol. The van der Waals surface area contributed by atoms with E-state index in [2.05, 4.69) is 5.32 Å². The van der Waals surface area contributed by atoms with Gasteiger partial charge in [0.05, 0.1) is 0 Å². The second-order valence-corrected chi connectivity index (χ2v) is 4.86. The number of rotatable bonds is 2. The normalized spacial score (nSPS) is 26.0. The first-order valence-electron chi connectivity index (χ1n) is 6.38. The van der Waals surface area contributed by atoms with Crippen molar-refractivity contribution < 1.29 is 14.4 Å². The van der Waals surface area contributed by atoms with E-state index in [-0.39, 0.29) is 23.6 Å². The summed E-state index contributed by atoms with van der Waals surface area (Å²) in [5, 5.41) is 2.56. The number of amides is 2. The molecule has 2 saturated heterocycles. The zero-order valence-corrected chi connectivity index (χ0v) is 10.3.